The molecule has 3 rings (SSSR count). The summed E-state index contributed by atoms with van der Waals surface area (Å²) in [6, 6.07) is 0. The van der Waals surface area contributed by atoms with Crippen molar-refractivity contribution >= 4 is 17.4 Å². The number of aliphatic hydroxyl groups is 1. The van der Waals surface area contributed by atoms with Crippen LogP contribution in [0.3, 0.4) is 0 Å². The van der Waals surface area contributed by atoms with E-state index in [0.29, 0.717) is 11.3 Å². The number of nitrogen functional groups attached to an aromatic ring is 2. The quantitative estimate of drug-likeness (QED) is 0.634. The number of anilines is 2. The summed E-state index contributed by atoms with van der Waals surface area (Å²) in [6.07, 6.45) is 2.20. The molecular formula is C12H19N7O3. The van der Waals surface area contributed by atoms with Gasteiger partial charge in [-0.25, -0.2) is 9.50 Å². The molecule has 5 N–H and O–H groups in total. The Hall–Kier alpha value is -2.33. The van der Waals surface area contributed by atoms with Gasteiger partial charge in [0.1, 0.15) is 5.69 Å². The lowest BCUT2D eigenvalue weighted by atomic mass is 9.96. The number of nitrogens with zero attached hydrogens (tertiary/aromatic N) is 5. The molecule has 2 aromatic heterocycles. The maximum absolute atomic E-state index is 10.7. The summed E-state index contributed by atoms with van der Waals surface area (Å²) >= 11 is 0. The fourth-order valence-electron chi connectivity index (χ4n) is 2.61. The number of imidazole rings is 1. The predicted molar refractivity (Wildman–Crippen MR) is 79.6 cm³/mol. The highest BCUT2D eigenvalue weighted by molar-refractivity contribution is 5.60. The SMILES string of the molecule is CC1CC(C)C(O)(c2cnc3c(N)nc(N)nn23)O1.CN=O. The molecule has 0 amide bonds. The molecule has 3 atom stereocenters. The second-order valence-electron chi connectivity index (χ2n) is 5.18. The molecular weight excluding hydrogens is 290 g/mol. The lowest BCUT2D eigenvalue weighted by Gasteiger charge is -2.25. The van der Waals surface area contributed by atoms with E-state index in [1.807, 2.05) is 13.8 Å². The molecule has 1 aliphatic rings. The molecule has 0 radical (unpaired) electrons. The summed E-state index contributed by atoms with van der Waals surface area (Å²) in [4.78, 5) is 16.5. The Kier molecular flexibility index (Phi) is 4.24. The van der Waals surface area contributed by atoms with Gasteiger partial charge >= 0.3 is 0 Å². The molecule has 3 heterocycles. The van der Waals surface area contributed by atoms with Crippen molar-refractivity contribution in [1.29, 1.82) is 0 Å². The highest BCUT2D eigenvalue weighted by Crippen LogP contribution is 2.41. The van der Waals surface area contributed by atoms with E-state index in [1.54, 1.807) is 0 Å². The minimum Gasteiger partial charge on any atom is -0.380 e. The van der Waals surface area contributed by atoms with E-state index in [0.717, 1.165) is 6.42 Å². The minimum absolute atomic E-state index is 0.0200. The number of hydrogen-bond acceptors (Lipinski definition) is 9. The molecule has 10 heteroatoms. The number of aromatic nitrogens is 4. The standard InChI is InChI=1S/C11H16N6O2.CH3NO/c1-5-3-6(2)19-11(5,18)7-4-14-9-8(12)15-10(13)16-17(7)9;1-2-3/h4-6,18H,3H2,1-2H3,(H4,12,13,15,16);1H3. The summed E-state index contributed by atoms with van der Waals surface area (Å²) < 4.78 is 7.04. The Morgan fingerprint density at radius 2 is 2.14 bits per heavy atom. The van der Waals surface area contributed by atoms with Crippen LogP contribution in [-0.2, 0) is 10.5 Å². The molecule has 22 heavy (non-hydrogen) atoms. The van der Waals surface area contributed by atoms with E-state index >= 15 is 0 Å². The molecule has 1 aliphatic heterocycles. The van der Waals surface area contributed by atoms with Crippen molar-refractivity contribution in [3.8, 4) is 0 Å². The van der Waals surface area contributed by atoms with Crippen molar-refractivity contribution in [2.45, 2.75) is 32.2 Å². The van der Waals surface area contributed by atoms with Crippen molar-refractivity contribution in [3.63, 3.8) is 0 Å². The summed E-state index contributed by atoms with van der Waals surface area (Å²) in [6.45, 7) is 3.83. The third-order valence-electron chi connectivity index (χ3n) is 3.51. The highest BCUT2D eigenvalue weighted by Gasteiger charge is 2.47. The molecule has 0 saturated carbocycles. The molecule has 1 fully saturated rings. The lowest BCUT2D eigenvalue weighted by Crippen LogP contribution is -2.33. The third-order valence-corrected chi connectivity index (χ3v) is 3.51. The van der Waals surface area contributed by atoms with Gasteiger partial charge in [0.25, 0.3) is 0 Å². The number of rotatable bonds is 1. The van der Waals surface area contributed by atoms with Gasteiger partial charge < -0.3 is 21.3 Å². The lowest BCUT2D eigenvalue weighted by molar-refractivity contribution is -0.219. The monoisotopic (exact) mass is 309 g/mol. The highest BCUT2D eigenvalue weighted by atomic mass is 16.6. The van der Waals surface area contributed by atoms with Gasteiger partial charge in [0.05, 0.1) is 19.3 Å². The van der Waals surface area contributed by atoms with Crippen LogP contribution in [-0.4, -0.2) is 37.8 Å². The normalized spacial score (nSPS) is 27.5. The average molecular weight is 309 g/mol. The van der Waals surface area contributed by atoms with E-state index in [1.165, 1.54) is 17.8 Å². The van der Waals surface area contributed by atoms with Crippen LogP contribution in [0.25, 0.3) is 5.65 Å². The van der Waals surface area contributed by atoms with Gasteiger partial charge in [0.15, 0.2) is 11.5 Å². The van der Waals surface area contributed by atoms with Crippen molar-refractivity contribution in [2.24, 2.45) is 11.1 Å². The van der Waals surface area contributed by atoms with Gasteiger partial charge in [-0.2, -0.15) is 9.89 Å². The second-order valence-corrected chi connectivity index (χ2v) is 5.18. The summed E-state index contributed by atoms with van der Waals surface area (Å²) in [5.41, 5.74) is 12.1. The molecule has 0 bridgehead atoms. The fourth-order valence-corrected chi connectivity index (χ4v) is 2.61. The number of fused-ring (bicyclic) bond motifs is 1. The van der Waals surface area contributed by atoms with Crippen molar-refractivity contribution < 1.29 is 9.84 Å². The van der Waals surface area contributed by atoms with Crippen molar-refractivity contribution in [3.05, 3.63) is 16.8 Å². The Bertz CT molecular complexity index is 689. The first kappa shape index (κ1) is 16.0. The van der Waals surface area contributed by atoms with E-state index < -0.39 is 5.79 Å². The molecule has 0 spiro atoms. The largest absolute Gasteiger partial charge is 0.380 e. The Labute approximate surface area is 126 Å². The smallest absolute Gasteiger partial charge is 0.240 e. The Morgan fingerprint density at radius 1 is 1.50 bits per heavy atom. The van der Waals surface area contributed by atoms with E-state index in [-0.39, 0.29) is 23.8 Å². The van der Waals surface area contributed by atoms with E-state index in [9.17, 15) is 5.11 Å². The van der Waals surface area contributed by atoms with Crippen LogP contribution in [0.4, 0.5) is 11.8 Å². The summed E-state index contributed by atoms with van der Waals surface area (Å²) in [5.74, 6) is -1.33. The Morgan fingerprint density at radius 3 is 2.68 bits per heavy atom. The zero-order valence-corrected chi connectivity index (χ0v) is 12.6. The maximum Gasteiger partial charge on any atom is 0.240 e. The minimum atomic E-state index is -1.44. The zero-order valence-electron chi connectivity index (χ0n) is 12.6. The number of nitroso groups, excluding NO2 is 1. The zero-order chi connectivity index (χ0) is 16.5. The molecule has 1 saturated heterocycles. The molecule has 3 unspecified atom stereocenters. The van der Waals surface area contributed by atoms with Crippen molar-refractivity contribution in [1.82, 2.24) is 19.6 Å². The van der Waals surface area contributed by atoms with Crippen molar-refractivity contribution in [2.75, 3.05) is 18.5 Å². The predicted octanol–water partition coefficient (Wildman–Crippen LogP) is 0.261. The number of hydrogen-bond donors (Lipinski definition) is 3. The van der Waals surface area contributed by atoms with Gasteiger partial charge in [-0.15, -0.1) is 5.10 Å². The summed E-state index contributed by atoms with van der Waals surface area (Å²) in [5, 5.41) is 17.0. The van der Waals surface area contributed by atoms with Crippen LogP contribution >= 0.6 is 0 Å². The van der Waals surface area contributed by atoms with Crippen LogP contribution < -0.4 is 11.5 Å². The maximum atomic E-state index is 10.7. The average Bonchev–Trinajstić information content (AvgIpc) is 2.93. The molecule has 120 valence electrons. The van der Waals surface area contributed by atoms with Gasteiger partial charge in [-0.3, -0.25) is 0 Å². The second kappa shape index (κ2) is 5.81. The van der Waals surface area contributed by atoms with Crippen LogP contribution in [0.2, 0.25) is 0 Å². The first-order valence-corrected chi connectivity index (χ1v) is 6.72. The first-order valence-electron chi connectivity index (χ1n) is 6.72. The van der Waals surface area contributed by atoms with Gasteiger partial charge in [0.2, 0.25) is 11.7 Å². The van der Waals surface area contributed by atoms with Crippen LogP contribution in [0.15, 0.2) is 11.4 Å². The topological polar surface area (TPSA) is 154 Å². The van der Waals surface area contributed by atoms with Gasteiger partial charge in [0, 0.05) is 5.92 Å². The van der Waals surface area contributed by atoms with Gasteiger partial charge in [-0.05, 0) is 13.3 Å². The van der Waals surface area contributed by atoms with E-state index in [4.69, 9.17) is 21.1 Å². The Balaban J connectivity index is 0.000000545. The third kappa shape index (κ3) is 2.57. The molecule has 10 nitrogen and oxygen atoms in total. The molecule has 2 aromatic rings. The molecule has 0 aliphatic carbocycles. The van der Waals surface area contributed by atoms with Crippen LogP contribution in [0.1, 0.15) is 26.0 Å². The van der Waals surface area contributed by atoms with E-state index in [2.05, 4.69) is 20.2 Å². The van der Waals surface area contributed by atoms with Crippen LogP contribution in [0, 0.1) is 10.8 Å². The molecule has 0 aromatic carbocycles. The number of ether oxygens (including phenoxy) is 1. The number of nitrogens with two attached hydrogens (primary N) is 2. The fraction of sp³-hybridized carbons (Fsp3) is 0.583. The van der Waals surface area contributed by atoms with Crippen LogP contribution in [0.5, 0.6) is 0 Å². The van der Waals surface area contributed by atoms with Gasteiger partial charge in [-0.1, -0.05) is 12.1 Å². The first-order chi connectivity index (χ1) is 10.3. The summed E-state index contributed by atoms with van der Waals surface area (Å²) in [7, 11) is 1.19.